The summed E-state index contributed by atoms with van der Waals surface area (Å²) in [5.41, 5.74) is 0.538. The number of carbonyl (C=O) groups excluding carboxylic acids is 2. The Morgan fingerprint density at radius 2 is 2.08 bits per heavy atom. The number of rotatable bonds is 9. The summed E-state index contributed by atoms with van der Waals surface area (Å²) in [6.07, 6.45) is 6.34. The molecule has 2 fully saturated rings. The Morgan fingerprint density at radius 1 is 1.28 bits per heavy atom. The second kappa shape index (κ2) is 10.5. The molecule has 5 rings (SSSR count). The maximum Gasteiger partial charge on any atom is 0.264 e. The van der Waals surface area contributed by atoms with Crippen molar-refractivity contribution in [3.05, 3.63) is 48.3 Å². The van der Waals surface area contributed by atoms with Gasteiger partial charge in [0.25, 0.3) is 5.91 Å². The van der Waals surface area contributed by atoms with Crippen molar-refractivity contribution in [3.63, 3.8) is 0 Å². The van der Waals surface area contributed by atoms with Crippen molar-refractivity contribution >= 4 is 23.2 Å². The van der Waals surface area contributed by atoms with Gasteiger partial charge in [-0.2, -0.15) is 0 Å². The van der Waals surface area contributed by atoms with Crippen molar-refractivity contribution in [2.45, 2.75) is 76.7 Å². The van der Waals surface area contributed by atoms with E-state index in [9.17, 15) is 19.8 Å². The van der Waals surface area contributed by atoms with Crippen molar-refractivity contribution in [1.82, 2.24) is 15.0 Å². The summed E-state index contributed by atoms with van der Waals surface area (Å²) in [5.74, 6) is -0.784. The number of amides is 2. The van der Waals surface area contributed by atoms with Crippen molar-refractivity contribution in [2.24, 2.45) is 11.8 Å². The maximum atomic E-state index is 14.2. The monoisotopic (exact) mass is 537 g/mol. The molecule has 0 unspecified atom stereocenters. The number of aliphatic hydroxyl groups is 2. The van der Waals surface area contributed by atoms with E-state index in [-0.39, 0.29) is 30.3 Å². The van der Waals surface area contributed by atoms with Gasteiger partial charge in [0.2, 0.25) is 5.91 Å². The molecular formula is C29H39N5O5. The number of carbonyl (C=O) groups is 2. The number of fused-ring (bicyclic) bond motifs is 2. The van der Waals surface area contributed by atoms with Crippen LogP contribution in [0.25, 0.3) is 0 Å². The average Bonchev–Trinajstić information content (AvgIpc) is 3.53. The van der Waals surface area contributed by atoms with Crippen LogP contribution in [-0.2, 0) is 32.9 Å². The van der Waals surface area contributed by atoms with Gasteiger partial charge in [-0.05, 0) is 51.3 Å². The number of anilines is 2. The molecule has 2 aromatic rings. The average molecular weight is 538 g/mol. The zero-order valence-electron chi connectivity index (χ0n) is 23.0. The fraction of sp³-hybridized carbons (Fsp3) is 0.586. The van der Waals surface area contributed by atoms with Crippen LogP contribution in [-0.4, -0.2) is 68.4 Å². The predicted molar refractivity (Wildman–Crippen MR) is 146 cm³/mol. The molecule has 0 bridgehead atoms. The van der Waals surface area contributed by atoms with Gasteiger partial charge in [0, 0.05) is 68.4 Å². The van der Waals surface area contributed by atoms with E-state index in [1.54, 1.807) is 40.6 Å². The van der Waals surface area contributed by atoms with Crippen LogP contribution in [0.5, 0.6) is 0 Å². The molecule has 2 amide bonds. The van der Waals surface area contributed by atoms with Crippen molar-refractivity contribution < 1.29 is 24.5 Å². The first-order chi connectivity index (χ1) is 18.6. The van der Waals surface area contributed by atoms with E-state index in [4.69, 9.17) is 4.74 Å². The third kappa shape index (κ3) is 4.68. The summed E-state index contributed by atoms with van der Waals surface area (Å²) in [4.78, 5) is 30.5. The van der Waals surface area contributed by atoms with E-state index < -0.39 is 17.3 Å². The van der Waals surface area contributed by atoms with Gasteiger partial charge in [0.15, 0.2) is 5.60 Å². The predicted octanol–water partition coefficient (Wildman–Crippen LogP) is 2.57. The SMILES string of the molecule is C=CCN1C(=O)[C@]2(O[C@H](CCn3cc(CCO)nn3)[C@@H](C(C)(C)O)[C@@H]2C)c2cc(N3CCCCC3=O)ccc21. The standard InChI is InChI=1S/C29H39N5O5/c1-5-13-34-23-10-9-21(33-14-7-6-8-25(33)36)17-22(23)29(27(34)37)19(2)26(28(3,4)38)24(39-29)11-15-32-18-20(12-16-35)30-31-32/h5,9-10,17-19,24,26,35,38H,1,6-8,11-16H2,2-4H3/t19-,24+,26-,29+/m0/s1. The van der Waals surface area contributed by atoms with E-state index >= 15 is 0 Å². The Kier molecular flexibility index (Phi) is 7.39. The van der Waals surface area contributed by atoms with Crippen LogP contribution >= 0.6 is 0 Å². The molecule has 3 aliphatic rings. The molecule has 10 heteroatoms. The number of hydrogen-bond acceptors (Lipinski definition) is 7. The van der Waals surface area contributed by atoms with Crippen LogP contribution in [0.15, 0.2) is 37.1 Å². The van der Waals surface area contributed by atoms with E-state index in [1.807, 2.05) is 25.1 Å². The summed E-state index contributed by atoms with van der Waals surface area (Å²) >= 11 is 0. The minimum absolute atomic E-state index is 0.00101. The Hall–Kier alpha value is -3.08. The number of ether oxygens (including phenoxy) is 1. The second-order valence-electron chi connectivity index (χ2n) is 11.5. The number of hydrogen-bond donors (Lipinski definition) is 2. The van der Waals surface area contributed by atoms with E-state index in [0.717, 1.165) is 29.8 Å². The first kappa shape index (κ1) is 27.5. The molecule has 0 aliphatic carbocycles. The van der Waals surface area contributed by atoms with Crippen LogP contribution in [0, 0.1) is 11.8 Å². The normalized spacial score (nSPS) is 27.1. The number of benzene rings is 1. The van der Waals surface area contributed by atoms with E-state index in [2.05, 4.69) is 16.9 Å². The molecule has 210 valence electrons. The number of aryl methyl sites for hydroxylation is 1. The van der Waals surface area contributed by atoms with Gasteiger partial charge in [0.05, 0.1) is 23.1 Å². The molecule has 2 saturated heterocycles. The van der Waals surface area contributed by atoms with Gasteiger partial charge in [-0.25, -0.2) is 0 Å². The highest BCUT2D eigenvalue weighted by Crippen LogP contribution is 2.58. The summed E-state index contributed by atoms with van der Waals surface area (Å²) in [7, 11) is 0. The van der Waals surface area contributed by atoms with Crippen LogP contribution in [0.2, 0.25) is 0 Å². The summed E-state index contributed by atoms with van der Waals surface area (Å²) in [6, 6.07) is 5.76. The fourth-order valence-electron chi connectivity index (χ4n) is 6.83. The molecule has 10 nitrogen and oxygen atoms in total. The first-order valence-electron chi connectivity index (χ1n) is 13.9. The molecule has 2 N–H and O–H groups in total. The van der Waals surface area contributed by atoms with Crippen LogP contribution in [0.3, 0.4) is 0 Å². The zero-order chi connectivity index (χ0) is 27.9. The summed E-state index contributed by atoms with van der Waals surface area (Å²) in [6.45, 7) is 10.8. The molecule has 1 aromatic carbocycles. The minimum Gasteiger partial charge on any atom is -0.396 e. The van der Waals surface area contributed by atoms with E-state index in [1.165, 1.54) is 0 Å². The van der Waals surface area contributed by atoms with Gasteiger partial charge >= 0.3 is 0 Å². The van der Waals surface area contributed by atoms with Gasteiger partial charge in [-0.3, -0.25) is 14.3 Å². The van der Waals surface area contributed by atoms with Crippen LogP contribution < -0.4 is 9.80 Å². The number of piperidine rings is 1. The highest BCUT2D eigenvalue weighted by molar-refractivity contribution is 6.08. The van der Waals surface area contributed by atoms with Gasteiger partial charge in [-0.1, -0.05) is 18.2 Å². The third-order valence-electron chi connectivity index (χ3n) is 8.51. The molecule has 4 heterocycles. The number of aliphatic hydroxyl groups excluding tert-OH is 1. The topological polar surface area (TPSA) is 121 Å². The second-order valence-corrected chi connectivity index (χ2v) is 11.5. The molecule has 0 saturated carbocycles. The van der Waals surface area contributed by atoms with Gasteiger partial charge in [-0.15, -0.1) is 11.7 Å². The summed E-state index contributed by atoms with van der Waals surface area (Å²) in [5, 5.41) is 28.8. The molecule has 1 aromatic heterocycles. The molecular weight excluding hydrogens is 498 g/mol. The first-order valence-corrected chi connectivity index (χ1v) is 13.9. The smallest absolute Gasteiger partial charge is 0.264 e. The largest absolute Gasteiger partial charge is 0.396 e. The minimum atomic E-state index is -1.30. The highest BCUT2D eigenvalue weighted by atomic mass is 16.5. The lowest BCUT2D eigenvalue weighted by atomic mass is 9.70. The molecule has 3 aliphatic heterocycles. The highest BCUT2D eigenvalue weighted by Gasteiger charge is 2.65. The lowest BCUT2D eigenvalue weighted by molar-refractivity contribution is -0.146. The Balaban J connectivity index is 1.53. The van der Waals surface area contributed by atoms with Crippen molar-refractivity contribution in [3.8, 4) is 0 Å². The van der Waals surface area contributed by atoms with E-state index in [0.29, 0.717) is 44.6 Å². The van der Waals surface area contributed by atoms with Gasteiger partial charge in [0.1, 0.15) is 0 Å². The lowest BCUT2D eigenvalue weighted by Crippen LogP contribution is -2.46. The number of aromatic nitrogens is 3. The van der Waals surface area contributed by atoms with Crippen molar-refractivity contribution in [2.75, 3.05) is 29.5 Å². The molecule has 0 radical (unpaired) electrons. The summed E-state index contributed by atoms with van der Waals surface area (Å²) < 4.78 is 8.54. The van der Waals surface area contributed by atoms with Gasteiger partial charge < -0.3 is 24.7 Å². The fourth-order valence-corrected chi connectivity index (χ4v) is 6.83. The maximum absolute atomic E-state index is 14.2. The van der Waals surface area contributed by atoms with Crippen LogP contribution in [0.4, 0.5) is 11.4 Å². The Morgan fingerprint density at radius 3 is 2.77 bits per heavy atom. The number of nitrogens with zero attached hydrogens (tertiary/aromatic N) is 5. The Bertz CT molecular complexity index is 1250. The quantitative estimate of drug-likeness (QED) is 0.472. The molecule has 39 heavy (non-hydrogen) atoms. The van der Waals surface area contributed by atoms with Crippen molar-refractivity contribution in [1.29, 1.82) is 0 Å². The lowest BCUT2D eigenvalue weighted by Gasteiger charge is -2.34. The Labute approximate surface area is 229 Å². The zero-order valence-corrected chi connectivity index (χ0v) is 23.0. The van der Waals surface area contributed by atoms with Crippen LogP contribution in [0.1, 0.15) is 57.7 Å². The molecule has 1 spiro atoms. The third-order valence-corrected chi connectivity index (χ3v) is 8.51. The molecule has 4 atom stereocenters.